The van der Waals surface area contributed by atoms with Gasteiger partial charge >= 0.3 is 0 Å². The summed E-state index contributed by atoms with van der Waals surface area (Å²) in [5, 5.41) is 3.46. The van der Waals surface area contributed by atoms with E-state index in [0.29, 0.717) is 6.04 Å². The van der Waals surface area contributed by atoms with Gasteiger partial charge in [0, 0.05) is 18.6 Å². The molecule has 1 aliphatic heterocycles. The normalized spacial score (nSPS) is 20.5. The lowest BCUT2D eigenvalue weighted by Gasteiger charge is -2.33. The van der Waals surface area contributed by atoms with E-state index in [2.05, 4.69) is 11.2 Å². The van der Waals surface area contributed by atoms with Crippen molar-refractivity contribution in [2.45, 2.75) is 51.6 Å². The van der Waals surface area contributed by atoms with E-state index in [1.165, 1.54) is 12.8 Å². The highest BCUT2D eigenvalue weighted by molar-refractivity contribution is 5.78. The third kappa shape index (κ3) is 3.86. The number of piperidine rings is 1. The molecule has 1 heterocycles. The Bertz CT molecular complexity index is 262. The maximum atomic E-state index is 11.8. The van der Waals surface area contributed by atoms with E-state index >= 15 is 0 Å². The molecule has 1 N–H and O–H groups in total. The van der Waals surface area contributed by atoms with Crippen molar-refractivity contribution in [1.82, 2.24) is 10.2 Å². The van der Waals surface area contributed by atoms with Crippen LogP contribution in [0.2, 0.25) is 0 Å². The van der Waals surface area contributed by atoms with E-state index in [1.807, 2.05) is 18.7 Å². The zero-order valence-corrected chi connectivity index (χ0v) is 10.3. The molecule has 16 heavy (non-hydrogen) atoms. The average molecular weight is 222 g/mol. The minimum absolute atomic E-state index is 0.0740. The Kier molecular flexibility index (Phi) is 5.34. The van der Waals surface area contributed by atoms with E-state index < -0.39 is 0 Å². The summed E-state index contributed by atoms with van der Waals surface area (Å²) in [7, 11) is 0. The van der Waals surface area contributed by atoms with Crippen molar-refractivity contribution in [3.63, 3.8) is 0 Å². The summed E-state index contributed by atoms with van der Waals surface area (Å²) in [6, 6.07) is 0.669. The number of terminal acetylenes is 1. The molecule has 3 heteroatoms. The lowest BCUT2D eigenvalue weighted by molar-refractivity contribution is -0.132. The molecule has 1 atom stereocenters. The lowest BCUT2D eigenvalue weighted by Crippen LogP contribution is -2.48. The zero-order valence-electron chi connectivity index (χ0n) is 10.3. The lowest BCUT2D eigenvalue weighted by atomic mass is 10.0. The van der Waals surface area contributed by atoms with Gasteiger partial charge in [0.2, 0.25) is 5.91 Å². The molecule has 0 aromatic carbocycles. The first-order chi connectivity index (χ1) is 7.65. The van der Waals surface area contributed by atoms with E-state index in [4.69, 9.17) is 6.42 Å². The Labute approximate surface area is 98.6 Å². The third-order valence-corrected chi connectivity index (χ3v) is 3.03. The molecule has 1 rings (SSSR count). The second kappa shape index (κ2) is 6.55. The predicted molar refractivity (Wildman–Crippen MR) is 65.9 cm³/mol. The van der Waals surface area contributed by atoms with Gasteiger partial charge in [0.25, 0.3) is 0 Å². The molecule has 0 bridgehead atoms. The number of hydrogen-bond donors (Lipinski definition) is 1. The van der Waals surface area contributed by atoms with Crippen molar-refractivity contribution in [2.75, 3.05) is 13.1 Å². The van der Waals surface area contributed by atoms with Gasteiger partial charge in [-0.15, -0.1) is 6.42 Å². The van der Waals surface area contributed by atoms with Crippen LogP contribution in [-0.4, -0.2) is 36.0 Å². The molecule has 0 aromatic rings. The quantitative estimate of drug-likeness (QED) is 0.729. The number of carbonyl (C=O) groups is 1. The highest BCUT2D eigenvalue weighted by Crippen LogP contribution is 2.11. The summed E-state index contributed by atoms with van der Waals surface area (Å²) in [5.74, 6) is 2.50. The molecule has 0 aromatic heterocycles. The SMILES string of the molecule is C#CCC(=O)N(CC1CCCCN1)C(C)C. The molecular weight excluding hydrogens is 200 g/mol. The fourth-order valence-electron chi connectivity index (χ4n) is 2.11. The van der Waals surface area contributed by atoms with Crippen LogP contribution in [0.15, 0.2) is 0 Å². The fourth-order valence-corrected chi connectivity index (χ4v) is 2.11. The largest absolute Gasteiger partial charge is 0.338 e. The summed E-state index contributed by atoms with van der Waals surface area (Å²) in [4.78, 5) is 13.7. The standard InChI is InChI=1S/C13H22N2O/c1-4-7-13(16)15(11(2)3)10-12-8-5-6-9-14-12/h1,11-12,14H,5-10H2,2-3H3. The first kappa shape index (κ1) is 13.1. The van der Waals surface area contributed by atoms with Crippen LogP contribution in [0.4, 0.5) is 0 Å². The highest BCUT2D eigenvalue weighted by Gasteiger charge is 2.21. The van der Waals surface area contributed by atoms with Crippen molar-refractivity contribution in [1.29, 1.82) is 0 Å². The molecule has 1 saturated heterocycles. The molecule has 1 aliphatic rings. The summed E-state index contributed by atoms with van der Waals surface area (Å²) in [5.41, 5.74) is 0. The van der Waals surface area contributed by atoms with Crippen molar-refractivity contribution in [3.05, 3.63) is 0 Å². The molecule has 90 valence electrons. The van der Waals surface area contributed by atoms with Crippen LogP contribution in [0.5, 0.6) is 0 Å². The van der Waals surface area contributed by atoms with Crippen LogP contribution in [-0.2, 0) is 4.79 Å². The predicted octanol–water partition coefficient (Wildman–Crippen LogP) is 1.39. The number of carbonyl (C=O) groups excluding carboxylic acids is 1. The van der Waals surface area contributed by atoms with Crippen molar-refractivity contribution in [3.8, 4) is 12.3 Å². The van der Waals surface area contributed by atoms with E-state index in [-0.39, 0.29) is 18.4 Å². The van der Waals surface area contributed by atoms with E-state index in [0.717, 1.165) is 19.5 Å². The van der Waals surface area contributed by atoms with Gasteiger partial charge < -0.3 is 10.2 Å². The van der Waals surface area contributed by atoms with Gasteiger partial charge in [-0.3, -0.25) is 4.79 Å². The van der Waals surface area contributed by atoms with Crippen LogP contribution < -0.4 is 5.32 Å². The molecular formula is C13H22N2O. The Morgan fingerprint density at radius 2 is 2.31 bits per heavy atom. The van der Waals surface area contributed by atoms with Gasteiger partial charge in [-0.05, 0) is 33.2 Å². The minimum atomic E-state index is 0.0740. The zero-order chi connectivity index (χ0) is 12.0. The number of nitrogens with zero attached hydrogens (tertiary/aromatic N) is 1. The molecule has 0 aliphatic carbocycles. The summed E-state index contributed by atoms with van der Waals surface area (Å²) in [6.45, 7) is 5.94. The Hall–Kier alpha value is -1.01. The topological polar surface area (TPSA) is 32.3 Å². The first-order valence-electron chi connectivity index (χ1n) is 6.11. The molecule has 0 spiro atoms. The van der Waals surface area contributed by atoms with Crippen LogP contribution in [0, 0.1) is 12.3 Å². The summed E-state index contributed by atoms with van der Waals surface area (Å²) in [6.07, 6.45) is 9.06. The molecule has 0 saturated carbocycles. The maximum absolute atomic E-state index is 11.8. The fraction of sp³-hybridized carbons (Fsp3) is 0.769. The number of hydrogen-bond acceptors (Lipinski definition) is 2. The van der Waals surface area contributed by atoms with Crippen molar-refractivity contribution in [2.24, 2.45) is 0 Å². The van der Waals surface area contributed by atoms with E-state index in [9.17, 15) is 4.79 Å². The van der Waals surface area contributed by atoms with Gasteiger partial charge in [0.05, 0.1) is 6.42 Å². The molecule has 0 radical (unpaired) electrons. The van der Waals surface area contributed by atoms with Crippen LogP contribution in [0.1, 0.15) is 39.5 Å². The molecule has 3 nitrogen and oxygen atoms in total. The third-order valence-electron chi connectivity index (χ3n) is 3.03. The Morgan fingerprint density at radius 1 is 1.56 bits per heavy atom. The number of rotatable bonds is 4. The number of nitrogens with one attached hydrogen (secondary N) is 1. The van der Waals surface area contributed by atoms with Crippen LogP contribution >= 0.6 is 0 Å². The second-order valence-electron chi connectivity index (χ2n) is 4.67. The Morgan fingerprint density at radius 3 is 2.81 bits per heavy atom. The Balaban J connectivity index is 2.50. The molecule has 1 amide bonds. The first-order valence-corrected chi connectivity index (χ1v) is 6.11. The highest BCUT2D eigenvalue weighted by atomic mass is 16.2. The summed E-state index contributed by atoms with van der Waals surface area (Å²) < 4.78 is 0. The average Bonchev–Trinajstić information content (AvgIpc) is 2.27. The van der Waals surface area contributed by atoms with Crippen molar-refractivity contribution < 1.29 is 4.79 Å². The van der Waals surface area contributed by atoms with Gasteiger partial charge in [-0.25, -0.2) is 0 Å². The van der Waals surface area contributed by atoms with Gasteiger partial charge in [-0.2, -0.15) is 0 Å². The van der Waals surface area contributed by atoms with E-state index in [1.54, 1.807) is 0 Å². The molecule has 1 fully saturated rings. The van der Waals surface area contributed by atoms with Gasteiger partial charge in [-0.1, -0.05) is 12.3 Å². The second-order valence-corrected chi connectivity index (χ2v) is 4.67. The monoisotopic (exact) mass is 222 g/mol. The smallest absolute Gasteiger partial charge is 0.234 e. The van der Waals surface area contributed by atoms with Crippen LogP contribution in [0.25, 0.3) is 0 Å². The minimum Gasteiger partial charge on any atom is -0.338 e. The maximum Gasteiger partial charge on any atom is 0.234 e. The number of amides is 1. The molecule has 1 unspecified atom stereocenters. The van der Waals surface area contributed by atoms with Gasteiger partial charge in [0.15, 0.2) is 0 Å². The van der Waals surface area contributed by atoms with Crippen molar-refractivity contribution >= 4 is 5.91 Å². The summed E-state index contributed by atoms with van der Waals surface area (Å²) >= 11 is 0. The van der Waals surface area contributed by atoms with Gasteiger partial charge in [0.1, 0.15) is 0 Å². The van der Waals surface area contributed by atoms with Crippen LogP contribution in [0.3, 0.4) is 0 Å².